The van der Waals surface area contributed by atoms with Crippen molar-refractivity contribution < 1.29 is 19.2 Å². The Morgan fingerprint density at radius 3 is 2.88 bits per heavy atom. The quantitative estimate of drug-likeness (QED) is 0.850. The van der Waals surface area contributed by atoms with Crippen LogP contribution in [0.3, 0.4) is 0 Å². The van der Waals surface area contributed by atoms with E-state index in [2.05, 4.69) is 5.16 Å². The Kier molecular flexibility index (Phi) is 2.86. The summed E-state index contributed by atoms with van der Waals surface area (Å²) in [5.74, 6) is -0.167. The Balaban J connectivity index is 2.12. The number of para-hydroxylation sites is 1. The fourth-order valence-corrected chi connectivity index (χ4v) is 1.23. The lowest BCUT2D eigenvalue weighted by Crippen LogP contribution is -2.02. The summed E-state index contributed by atoms with van der Waals surface area (Å²) in [6.45, 7) is 0.157. The minimum atomic E-state index is -1.02. The van der Waals surface area contributed by atoms with Crippen molar-refractivity contribution in [2.75, 3.05) is 0 Å². The van der Waals surface area contributed by atoms with Crippen molar-refractivity contribution in [1.29, 1.82) is 0 Å². The Morgan fingerprint density at radius 1 is 1.38 bits per heavy atom. The molecule has 1 aromatic carbocycles. The Labute approximate surface area is 91.3 Å². The van der Waals surface area contributed by atoms with Gasteiger partial charge in [0, 0.05) is 6.07 Å². The molecule has 0 bridgehead atoms. The highest BCUT2D eigenvalue weighted by Gasteiger charge is 2.10. The van der Waals surface area contributed by atoms with Crippen molar-refractivity contribution in [2.45, 2.75) is 6.61 Å². The van der Waals surface area contributed by atoms with Crippen molar-refractivity contribution in [2.24, 2.45) is 0 Å². The Bertz CT molecular complexity index is 478. The van der Waals surface area contributed by atoms with E-state index in [4.69, 9.17) is 14.4 Å². The molecule has 2 rings (SSSR count). The summed E-state index contributed by atoms with van der Waals surface area (Å²) < 4.78 is 10.2. The van der Waals surface area contributed by atoms with Gasteiger partial charge in [-0.05, 0) is 12.1 Å². The zero-order valence-corrected chi connectivity index (χ0v) is 8.29. The van der Waals surface area contributed by atoms with Crippen molar-refractivity contribution in [3.05, 3.63) is 47.9 Å². The number of nitrogens with zero attached hydrogens (tertiary/aromatic N) is 1. The molecule has 0 unspecified atom stereocenters. The molecule has 1 N–H and O–H groups in total. The molecule has 0 aliphatic carbocycles. The second-order valence-corrected chi connectivity index (χ2v) is 3.07. The highest BCUT2D eigenvalue weighted by atomic mass is 16.5. The van der Waals surface area contributed by atoms with Crippen LogP contribution in [0.25, 0.3) is 0 Å². The number of hydrogen-bond acceptors (Lipinski definition) is 4. The monoisotopic (exact) mass is 219 g/mol. The van der Waals surface area contributed by atoms with Crippen molar-refractivity contribution in [1.82, 2.24) is 5.16 Å². The zero-order chi connectivity index (χ0) is 11.4. The van der Waals surface area contributed by atoms with E-state index in [9.17, 15) is 4.79 Å². The third-order valence-corrected chi connectivity index (χ3v) is 1.98. The molecule has 0 amide bonds. The van der Waals surface area contributed by atoms with Gasteiger partial charge >= 0.3 is 5.97 Å². The first-order valence-corrected chi connectivity index (χ1v) is 4.62. The number of ether oxygens (including phenoxy) is 1. The number of carboxylic acid groups (broad SMARTS) is 1. The molecular weight excluding hydrogens is 210 g/mol. The molecule has 5 nitrogen and oxygen atoms in total. The number of carboxylic acids is 1. The molecule has 0 aliphatic rings. The summed E-state index contributed by atoms with van der Waals surface area (Å²) in [4.78, 5) is 10.9. The van der Waals surface area contributed by atoms with Crippen molar-refractivity contribution in [3.8, 4) is 5.75 Å². The van der Waals surface area contributed by atoms with Crippen LogP contribution in [-0.2, 0) is 6.61 Å². The van der Waals surface area contributed by atoms with Gasteiger partial charge in [0.05, 0.1) is 6.20 Å². The van der Waals surface area contributed by atoms with Gasteiger partial charge < -0.3 is 14.4 Å². The zero-order valence-electron chi connectivity index (χ0n) is 8.29. The highest BCUT2D eigenvalue weighted by Crippen LogP contribution is 2.18. The fourth-order valence-electron chi connectivity index (χ4n) is 1.23. The second kappa shape index (κ2) is 4.48. The van der Waals surface area contributed by atoms with Crippen LogP contribution in [0.5, 0.6) is 5.75 Å². The number of aromatic carboxylic acids is 1. The predicted molar refractivity (Wildman–Crippen MR) is 54.2 cm³/mol. The van der Waals surface area contributed by atoms with Gasteiger partial charge in [0.1, 0.15) is 17.9 Å². The lowest BCUT2D eigenvalue weighted by Gasteiger charge is -2.06. The van der Waals surface area contributed by atoms with E-state index in [1.807, 2.05) is 0 Å². The van der Waals surface area contributed by atoms with Crippen LogP contribution in [-0.4, -0.2) is 16.2 Å². The standard InChI is InChI=1S/C11H9NO4/c13-11(14)9-3-1-2-4-10(9)15-7-8-5-6-12-16-8/h1-6H,7H2,(H,13,14). The molecule has 0 radical (unpaired) electrons. The van der Waals surface area contributed by atoms with E-state index in [1.165, 1.54) is 12.3 Å². The molecule has 0 saturated carbocycles. The first kappa shape index (κ1) is 10.2. The minimum Gasteiger partial charge on any atom is -0.485 e. The Hall–Kier alpha value is -2.30. The van der Waals surface area contributed by atoms with Crippen LogP contribution in [0.15, 0.2) is 41.1 Å². The molecular formula is C11H9NO4. The molecule has 16 heavy (non-hydrogen) atoms. The minimum absolute atomic E-state index is 0.127. The third-order valence-electron chi connectivity index (χ3n) is 1.98. The maximum absolute atomic E-state index is 10.9. The number of carbonyl (C=O) groups is 1. The number of benzene rings is 1. The maximum Gasteiger partial charge on any atom is 0.339 e. The van der Waals surface area contributed by atoms with Gasteiger partial charge in [-0.3, -0.25) is 0 Å². The highest BCUT2D eigenvalue weighted by molar-refractivity contribution is 5.90. The molecule has 2 aromatic rings. The van der Waals surface area contributed by atoms with Crippen LogP contribution < -0.4 is 4.74 Å². The summed E-state index contributed by atoms with van der Waals surface area (Å²) in [5, 5.41) is 12.4. The number of rotatable bonds is 4. The molecule has 82 valence electrons. The van der Waals surface area contributed by atoms with Gasteiger partial charge in [-0.15, -0.1) is 0 Å². The van der Waals surface area contributed by atoms with Crippen LogP contribution in [0.1, 0.15) is 16.1 Å². The van der Waals surface area contributed by atoms with E-state index in [-0.39, 0.29) is 12.2 Å². The summed E-state index contributed by atoms with van der Waals surface area (Å²) in [7, 11) is 0. The number of hydrogen-bond donors (Lipinski definition) is 1. The van der Waals surface area contributed by atoms with Crippen molar-refractivity contribution in [3.63, 3.8) is 0 Å². The van der Waals surface area contributed by atoms with E-state index < -0.39 is 5.97 Å². The Morgan fingerprint density at radius 2 is 2.19 bits per heavy atom. The van der Waals surface area contributed by atoms with Crippen LogP contribution in [0.4, 0.5) is 0 Å². The predicted octanol–water partition coefficient (Wildman–Crippen LogP) is 1.95. The molecule has 1 aromatic heterocycles. The third kappa shape index (κ3) is 2.20. The van der Waals surface area contributed by atoms with E-state index in [1.54, 1.807) is 24.3 Å². The second-order valence-electron chi connectivity index (χ2n) is 3.07. The average Bonchev–Trinajstić information content (AvgIpc) is 2.79. The topological polar surface area (TPSA) is 72.6 Å². The van der Waals surface area contributed by atoms with E-state index in [0.29, 0.717) is 11.5 Å². The molecule has 0 aliphatic heterocycles. The summed E-state index contributed by atoms with van der Waals surface area (Å²) in [5.41, 5.74) is 0.127. The van der Waals surface area contributed by atoms with Gasteiger partial charge in [-0.1, -0.05) is 17.3 Å². The molecule has 0 saturated heterocycles. The van der Waals surface area contributed by atoms with Crippen molar-refractivity contribution >= 4 is 5.97 Å². The lowest BCUT2D eigenvalue weighted by molar-refractivity contribution is 0.0691. The fraction of sp³-hybridized carbons (Fsp3) is 0.0909. The number of aromatic nitrogens is 1. The maximum atomic E-state index is 10.9. The largest absolute Gasteiger partial charge is 0.485 e. The van der Waals surface area contributed by atoms with Gasteiger partial charge in [0.25, 0.3) is 0 Å². The normalized spacial score (nSPS) is 10.0. The first-order chi connectivity index (χ1) is 7.77. The molecule has 1 heterocycles. The SMILES string of the molecule is O=C(O)c1ccccc1OCc1ccno1. The van der Waals surface area contributed by atoms with Gasteiger partial charge in [0.2, 0.25) is 0 Å². The lowest BCUT2D eigenvalue weighted by atomic mass is 10.2. The molecule has 0 spiro atoms. The van der Waals surface area contributed by atoms with E-state index in [0.717, 1.165) is 0 Å². The van der Waals surface area contributed by atoms with E-state index >= 15 is 0 Å². The summed E-state index contributed by atoms with van der Waals surface area (Å²) in [6, 6.07) is 8.09. The summed E-state index contributed by atoms with van der Waals surface area (Å²) >= 11 is 0. The van der Waals surface area contributed by atoms with Crippen LogP contribution in [0, 0.1) is 0 Å². The summed E-state index contributed by atoms with van der Waals surface area (Å²) in [6.07, 6.45) is 1.50. The van der Waals surface area contributed by atoms with Crippen LogP contribution >= 0.6 is 0 Å². The van der Waals surface area contributed by atoms with Gasteiger partial charge in [-0.2, -0.15) is 0 Å². The van der Waals surface area contributed by atoms with Gasteiger partial charge in [-0.25, -0.2) is 4.79 Å². The smallest absolute Gasteiger partial charge is 0.339 e. The van der Waals surface area contributed by atoms with Gasteiger partial charge in [0.15, 0.2) is 5.76 Å². The average molecular weight is 219 g/mol. The first-order valence-electron chi connectivity index (χ1n) is 4.62. The van der Waals surface area contributed by atoms with Crippen LogP contribution in [0.2, 0.25) is 0 Å². The molecule has 0 atom stereocenters. The molecule has 0 fully saturated rings. The molecule has 5 heteroatoms.